The monoisotopic (exact) mass is 376 g/mol. The Morgan fingerprint density at radius 3 is 2.68 bits per heavy atom. The molecule has 1 N–H and O–H groups in total. The molecule has 1 saturated heterocycles. The van der Waals surface area contributed by atoms with Crippen LogP contribution < -0.4 is 4.90 Å². The van der Waals surface area contributed by atoms with Crippen LogP contribution in [0.5, 0.6) is 0 Å². The molecule has 0 saturated carbocycles. The number of nitrogens with one attached hydrogen (secondary N) is 1. The second kappa shape index (κ2) is 6.90. The van der Waals surface area contributed by atoms with Crippen molar-refractivity contribution in [1.29, 1.82) is 0 Å². The molecule has 5 rings (SSSR count). The maximum atomic E-state index is 5.91. The van der Waals surface area contributed by atoms with Crippen LogP contribution in [-0.2, 0) is 11.3 Å². The van der Waals surface area contributed by atoms with E-state index < -0.39 is 0 Å². The van der Waals surface area contributed by atoms with Gasteiger partial charge in [0, 0.05) is 43.2 Å². The topological polar surface area (TPSA) is 44.4 Å². The Bertz CT molecular complexity index is 987. The lowest BCUT2D eigenvalue weighted by Gasteiger charge is -2.38. The molecule has 3 aromatic rings. The van der Waals surface area contributed by atoms with Crippen LogP contribution in [0.3, 0.4) is 0 Å². The number of benzene rings is 2. The minimum Gasteiger partial charge on any atom is -0.372 e. The van der Waals surface area contributed by atoms with Crippen molar-refractivity contribution in [3.63, 3.8) is 0 Å². The van der Waals surface area contributed by atoms with Crippen molar-refractivity contribution in [2.45, 2.75) is 38.5 Å². The second-order valence-corrected chi connectivity index (χ2v) is 8.51. The highest BCUT2D eigenvalue weighted by molar-refractivity contribution is 5.78. The molecule has 146 valence electrons. The van der Waals surface area contributed by atoms with Crippen molar-refractivity contribution in [2.24, 2.45) is 0 Å². The largest absolute Gasteiger partial charge is 0.372 e. The summed E-state index contributed by atoms with van der Waals surface area (Å²) in [6.45, 7) is 8.28. The van der Waals surface area contributed by atoms with Crippen molar-refractivity contribution >= 4 is 16.6 Å². The highest BCUT2D eigenvalue weighted by Gasteiger charge is 2.27. The molecule has 5 nitrogen and oxygen atoms in total. The van der Waals surface area contributed by atoms with Gasteiger partial charge in [0.1, 0.15) is 0 Å². The van der Waals surface area contributed by atoms with Crippen LogP contribution in [-0.4, -0.2) is 54.0 Å². The normalized spacial score (nSPS) is 25.8. The fourth-order valence-corrected chi connectivity index (χ4v) is 4.88. The number of rotatable bonds is 2. The maximum Gasteiger partial charge on any atom is 0.0726 e. The minimum absolute atomic E-state index is 0.274. The predicted molar refractivity (Wildman–Crippen MR) is 113 cm³/mol. The fourth-order valence-electron chi connectivity index (χ4n) is 4.88. The Labute approximate surface area is 166 Å². The van der Waals surface area contributed by atoms with Gasteiger partial charge in [-0.15, -0.1) is 0 Å². The van der Waals surface area contributed by atoms with Crippen molar-refractivity contribution in [3.8, 4) is 0 Å². The summed E-state index contributed by atoms with van der Waals surface area (Å²) in [7, 11) is 2.22. The number of morpholine rings is 1. The number of H-pyrrole nitrogens is 1. The van der Waals surface area contributed by atoms with Gasteiger partial charge in [-0.05, 0) is 55.8 Å². The van der Waals surface area contributed by atoms with E-state index in [9.17, 15) is 0 Å². The third kappa shape index (κ3) is 3.19. The molecule has 0 radical (unpaired) electrons. The van der Waals surface area contributed by atoms with Gasteiger partial charge >= 0.3 is 0 Å². The van der Waals surface area contributed by atoms with Gasteiger partial charge in [0.2, 0.25) is 0 Å². The number of hydrogen-bond acceptors (Lipinski definition) is 4. The van der Waals surface area contributed by atoms with E-state index in [1.165, 1.54) is 27.8 Å². The van der Waals surface area contributed by atoms with Crippen LogP contribution in [0.1, 0.15) is 36.5 Å². The van der Waals surface area contributed by atoms with E-state index in [-0.39, 0.29) is 12.2 Å². The lowest BCUT2D eigenvalue weighted by Crippen LogP contribution is -2.45. The molecule has 2 aliphatic heterocycles. The van der Waals surface area contributed by atoms with E-state index in [0.717, 1.165) is 31.7 Å². The fraction of sp³-hybridized carbons (Fsp3) is 0.435. The molecule has 2 aliphatic rings. The zero-order chi connectivity index (χ0) is 19.3. The van der Waals surface area contributed by atoms with Crippen LogP contribution in [0.4, 0.5) is 5.69 Å². The van der Waals surface area contributed by atoms with Gasteiger partial charge in [-0.2, -0.15) is 5.10 Å². The second-order valence-electron chi connectivity index (χ2n) is 8.51. The molecule has 2 aromatic carbocycles. The summed E-state index contributed by atoms with van der Waals surface area (Å²) < 4.78 is 5.91. The molecule has 1 fully saturated rings. The smallest absolute Gasteiger partial charge is 0.0726 e. The molecule has 0 bridgehead atoms. The standard InChI is InChI=1S/C23H28N4O/c1-15-11-27(12-16(2)28-15)20-6-7-21-19(8-20)13-26(3)14-22(21)17-4-5-18-10-24-25-23(18)9-17/h4-10,15-16,22H,11-14H2,1-3H3,(H,24,25). The molecule has 0 amide bonds. The SMILES string of the molecule is CC1CN(c2ccc3c(c2)CN(C)CC3c2ccc3cn[nH]c3c2)CC(C)O1. The lowest BCUT2D eigenvalue weighted by atomic mass is 9.84. The van der Waals surface area contributed by atoms with Gasteiger partial charge in [0.25, 0.3) is 0 Å². The quantitative estimate of drug-likeness (QED) is 0.740. The summed E-state index contributed by atoms with van der Waals surface area (Å²) in [5, 5.41) is 8.45. The number of ether oxygens (including phenoxy) is 1. The molecule has 3 heterocycles. The zero-order valence-corrected chi connectivity index (χ0v) is 16.9. The Balaban J connectivity index is 1.50. The van der Waals surface area contributed by atoms with Gasteiger partial charge in [-0.25, -0.2) is 0 Å². The number of fused-ring (bicyclic) bond motifs is 2. The molecule has 1 aromatic heterocycles. The molecule has 3 atom stereocenters. The molecule has 5 heteroatoms. The highest BCUT2D eigenvalue weighted by Crippen LogP contribution is 2.36. The van der Waals surface area contributed by atoms with Crippen LogP contribution in [0, 0.1) is 0 Å². The first-order valence-electron chi connectivity index (χ1n) is 10.2. The Morgan fingerprint density at radius 2 is 1.86 bits per heavy atom. The number of likely N-dealkylation sites (N-methyl/N-ethyl adjacent to an activating group) is 1. The van der Waals surface area contributed by atoms with E-state index in [4.69, 9.17) is 4.74 Å². The molecule has 0 spiro atoms. The predicted octanol–water partition coefficient (Wildman–Crippen LogP) is 3.75. The van der Waals surface area contributed by atoms with Crippen LogP contribution in [0.2, 0.25) is 0 Å². The number of hydrogen-bond donors (Lipinski definition) is 1. The first kappa shape index (κ1) is 17.7. The number of aromatic nitrogens is 2. The Morgan fingerprint density at radius 1 is 1.04 bits per heavy atom. The number of nitrogens with zero attached hydrogens (tertiary/aromatic N) is 3. The van der Waals surface area contributed by atoms with E-state index in [1.807, 2.05) is 6.20 Å². The molecular formula is C23H28N4O. The first-order valence-corrected chi connectivity index (χ1v) is 10.2. The van der Waals surface area contributed by atoms with E-state index in [0.29, 0.717) is 5.92 Å². The Hall–Kier alpha value is -2.37. The summed E-state index contributed by atoms with van der Waals surface area (Å²) >= 11 is 0. The Kier molecular flexibility index (Phi) is 4.37. The maximum absolute atomic E-state index is 5.91. The van der Waals surface area contributed by atoms with Gasteiger partial charge in [0.15, 0.2) is 0 Å². The van der Waals surface area contributed by atoms with Crippen molar-refractivity contribution in [3.05, 3.63) is 59.3 Å². The van der Waals surface area contributed by atoms with Crippen molar-refractivity contribution < 1.29 is 4.74 Å². The molecule has 28 heavy (non-hydrogen) atoms. The van der Waals surface area contributed by atoms with Gasteiger partial charge < -0.3 is 14.5 Å². The third-order valence-electron chi connectivity index (χ3n) is 6.09. The average molecular weight is 377 g/mol. The summed E-state index contributed by atoms with van der Waals surface area (Å²) in [6.07, 6.45) is 2.43. The van der Waals surface area contributed by atoms with E-state index >= 15 is 0 Å². The molecule has 3 unspecified atom stereocenters. The van der Waals surface area contributed by atoms with Crippen LogP contribution in [0.25, 0.3) is 10.9 Å². The van der Waals surface area contributed by atoms with E-state index in [1.54, 1.807) is 0 Å². The van der Waals surface area contributed by atoms with Crippen LogP contribution in [0.15, 0.2) is 42.6 Å². The van der Waals surface area contributed by atoms with Gasteiger partial charge in [-0.1, -0.05) is 18.2 Å². The van der Waals surface area contributed by atoms with Crippen molar-refractivity contribution in [1.82, 2.24) is 15.1 Å². The first-order chi connectivity index (χ1) is 13.6. The third-order valence-corrected chi connectivity index (χ3v) is 6.09. The highest BCUT2D eigenvalue weighted by atomic mass is 16.5. The lowest BCUT2D eigenvalue weighted by molar-refractivity contribution is -0.00522. The minimum atomic E-state index is 0.274. The summed E-state index contributed by atoms with van der Waals surface area (Å²) in [6, 6.07) is 13.7. The molecule has 0 aliphatic carbocycles. The van der Waals surface area contributed by atoms with E-state index in [2.05, 4.69) is 77.3 Å². The number of anilines is 1. The zero-order valence-electron chi connectivity index (χ0n) is 16.9. The van der Waals surface area contributed by atoms with Crippen molar-refractivity contribution in [2.75, 3.05) is 31.6 Å². The van der Waals surface area contributed by atoms with Crippen LogP contribution >= 0.6 is 0 Å². The summed E-state index contributed by atoms with van der Waals surface area (Å²) in [5.74, 6) is 0.387. The van der Waals surface area contributed by atoms with Gasteiger partial charge in [-0.3, -0.25) is 5.10 Å². The summed E-state index contributed by atoms with van der Waals surface area (Å²) in [4.78, 5) is 4.90. The van der Waals surface area contributed by atoms with Gasteiger partial charge in [0.05, 0.1) is 23.9 Å². The average Bonchev–Trinajstić information content (AvgIpc) is 3.13. The molecular weight excluding hydrogens is 348 g/mol. The number of aromatic amines is 1. The summed E-state index contributed by atoms with van der Waals surface area (Å²) in [5.41, 5.74) is 6.67.